The van der Waals surface area contributed by atoms with Crippen LogP contribution in [0.25, 0.3) is 11.3 Å². The summed E-state index contributed by atoms with van der Waals surface area (Å²) in [5, 5.41) is 3.34. The molecule has 19 heavy (non-hydrogen) atoms. The van der Waals surface area contributed by atoms with Gasteiger partial charge in [-0.15, -0.1) is 0 Å². The summed E-state index contributed by atoms with van der Waals surface area (Å²) in [4.78, 5) is 14.4. The SMILES string of the molecule is CNC1CCCN(c2ncc(-c3ccc[nH]3)cn2)C1. The van der Waals surface area contributed by atoms with Crippen LogP contribution in [0.5, 0.6) is 0 Å². The van der Waals surface area contributed by atoms with E-state index in [2.05, 4.69) is 25.2 Å². The molecule has 2 aromatic heterocycles. The predicted octanol–water partition coefficient (Wildman–Crippen LogP) is 1.66. The number of hydrogen-bond donors (Lipinski definition) is 2. The van der Waals surface area contributed by atoms with Crippen molar-refractivity contribution in [3.05, 3.63) is 30.7 Å². The van der Waals surface area contributed by atoms with Gasteiger partial charge in [-0.2, -0.15) is 0 Å². The van der Waals surface area contributed by atoms with Crippen molar-refractivity contribution < 1.29 is 0 Å². The Kier molecular flexibility index (Phi) is 3.46. The first-order valence-electron chi connectivity index (χ1n) is 6.75. The zero-order valence-electron chi connectivity index (χ0n) is 11.1. The highest BCUT2D eigenvalue weighted by Gasteiger charge is 2.20. The summed E-state index contributed by atoms with van der Waals surface area (Å²) in [5.74, 6) is 0.829. The lowest BCUT2D eigenvalue weighted by Crippen LogP contribution is -2.45. The molecular formula is C14H19N5. The minimum atomic E-state index is 0.542. The molecule has 2 aromatic rings. The van der Waals surface area contributed by atoms with Crippen molar-refractivity contribution in [3.63, 3.8) is 0 Å². The Morgan fingerprint density at radius 3 is 2.89 bits per heavy atom. The van der Waals surface area contributed by atoms with Crippen LogP contribution in [0.1, 0.15) is 12.8 Å². The molecule has 1 fully saturated rings. The lowest BCUT2D eigenvalue weighted by Gasteiger charge is -2.32. The highest BCUT2D eigenvalue weighted by atomic mass is 15.3. The van der Waals surface area contributed by atoms with Crippen LogP contribution in [-0.2, 0) is 0 Å². The number of H-pyrrole nitrogens is 1. The average Bonchev–Trinajstić information content (AvgIpc) is 3.02. The van der Waals surface area contributed by atoms with Crippen LogP contribution >= 0.6 is 0 Å². The number of rotatable bonds is 3. The number of anilines is 1. The molecule has 1 unspecified atom stereocenters. The first kappa shape index (κ1) is 12.2. The number of likely N-dealkylation sites (N-methyl/N-ethyl adjacent to an activating group) is 1. The lowest BCUT2D eigenvalue weighted by molar-refractivity contribution is 0.445. The van der Waals surface area contributed by atoms with Crippen molar-refractivity contribution in [2.45, 2.75) is 18.9 Å². The fraction of sp³-hybridized carbons (Fsp3) is 0.429. The Hall–Kier alpha value is -1.88. The molecule has 100 valence electrons. The van der Waals surface area contributed by atoms with Crippen molar-refractivity contribution >= 4 is 5.95 Å². The Morgan fingerprint density at radius 1 is 1.37 bits per heavy atom. The molecule has 3 heterocycles. The standard InChI is InChI=1S/C14H19N5/c1-15-12-4-3-7-19(10-12)14-17-8-11(9-18-14)13-5-2-6-16-13/h2,5-6,8-9,12,15-16H,3-4,7,10H2,1H3. The molecule has 1 aliphatic rings. The van der Waals surface area contributed by atoms with Gasteiger partial charge in [-0.1, -0.05) is 0 Å². The van der Waals surface area contributed by atoms with Gasteiger partial charge in [-0.3, -0.25) is 0 Å². The molecule has 5 nitrogen and oxygen atoms in total. The van der Waals surface area contributed by atoms with E-state index in [-0.39, 0.29) is 0 Å². The van der Waals surface area contributed by atoms with Gasteiger partial charge in [-0.25, -0.2) is 9.97 Å². The van der Waals surface area contributed by atoms with Gasteiger partial charge >= 0.3 is 0 Å². The summed E-state index contributed by atoms with van der Waals surface area (Å²) in [7, 11) is 2.02. The second-order valence-corrected chi connectivity index (χ2v) is 4.93. The Labute approximate surface area is 113 Å². The number of piperidine rings is 1. The van der Waals surface area contributed by atoms with Gasteiger partial charge in [-0.05, 0) is 32.0 Å². The van der Waals surface area contributed by atoms with Crippen LogP contribution in [0.3, 0.4) is 0 Å². The summed E-state index contributed by atoms with van der Waals surface area (Å²) in [6.07, 6.45) is 8.10. The zero-order valence-corrected chi connectivity index (χ0v) is 11.1. The second-order valence-electron chi connectivity index (χ2n) is 4.93. The maximum absolute atomic E-state index is 4.49. The third kappa shape index (κ3) is 2.61. The fourth-order valence-corrected chi connectivity index (χ4v) is 2.53. The molecule has 0 radical (unpaired) electrons. The lowest BCUT2D eigenvalue weighted by atomic mass is 10.1. The molecule has 0 amide bonds. The van der Waals surface area contributed by atoms with Crippen LogP contribution < -0.4 is 10.2 Å². The number of hydrogen-bond acceptors (Lipinski definition) is 4. The molecule has 1 aliphatic heterocycles. The number of aromatic nitrogens is 3. The first-order valence-corrected chi connectivity index (χ1v) is 6.75. The van der Waals surface area contributed by atoms with E-state index in [1.54, 1.807) is 0 Å². The quantitative estimate of drug-likeness (QED) is 0.878. The van der Waals surface area contributed by atoms with E-state index in [1.807, 2.05) is 37.8 Å². The Morgan fingerprint density at radius 2 is 2.21 bits per heavy atom. The van der Waals surface area contributed by atoms with Gasteiger partial charge in [0.1, 0.15) is 0 Å². The topological polar surface area (TPSA) is 56.8 Å². The highest BCUT2D eigenvalue weighted by molar-refractivity contribution is 5.57. The van der Waals surface area contributed by atoms with Crippen molar-refractivity contribution in [2.75, 3.05) is 25.0 Å². The van der Waals surface area contributed by atoms with Crippen molar-refractivity contribution in [1.29, 1.82) is 0 Å². The van der Waals surface area contributed by atoms with E-state index in [0.717, 1.165) is 30.3 Å². The maximum Gasteiger partial charge on any atom is 0.225 e. The van der Waals surface area contributed by atoms with Crippen LogP contribution in [-0.4, -0.2) is 41.1 Å². The molecule has 0 aliphatic carbocycles. The maximum atomic E-state index is 4.49. The van der Waals surface area contributed by atoms with Gasteiger partial charge in [0.2, 0.25) is 5.95 Å². The van der Waals surface area contributed by atoms with Gasteiger partial charge in [0.25, 0.3) is 0 Å². The Balaban J connectivity index is 1.75. The van der Waals surface area contributed by atoms with Crippen LogP contribution in [0.2, 0.25) is 0 Å². The molecule has 2 N–H and O–H groups in total. The van der Waals surface area contributed by atoms with Gasteiger partial charge in [0, 0.05) is 49.0 Å². The van der Waals surface area contributed by atoms with E-state index in [0.29, 0.717) is 6.04 Å². The molecule has 3 rings (SSSR count). The second kappa shape index (κ2) is 5.40. The van der Waals surface area contributed by atoms with E-state index in [4.69, 9.17) is 0 Å². The van der Waals surface area contributed by atoms with Crippen LogP contribution in [0, 0.1) is 0 Å². The molecule has 0 saturated carbocycles. The van der Waals surface area contributed by atoms with E-state index in [9.17, 15) is 0 Å². The van der Waals surface area contributed by atoms with Gasteiger partial charge in [0.15, 0.2) is 0 Å². The monoisotopic (exact) mass is 257 g/mol. The van der Waals surface area contributed by atoms with Crippen LogP contribution in [0.4, 0.5) is 5.95 Å². The van der Waals surface area contributed by atoms with Crippen LogP contribution in [0.15, 0.2) is 30.7 Å². The number of nitrogens with zero attached hydrogens (tertiary/aromatic N) is 3. The van der Waals surface area contributed by atoms with E-state index < -0.39 is 0 Å². The summed E-state index contributed by atoms with van der Waals surface area (Å²) >= 11 is 0. The first-order chi connectivity index (χ1) is 9.36. The highest BCUT2D eigenvalue weighted by Crippen LogP contribution is 2.19. The van der Waals surface area contributed by atoms with E-state index in [1.165, 1.54) is 12.8 Å². The molecule has 0 aromatic carbocycles. The predicted molar refractivity (Wildman–Crippen MR) is 76.1 cm³/mol. The largest absolute Gasteiger partial charge is 0.361 e. The molecule has 5 heteroatoms. The molecule has 0 spiro atoms. The van der Waals surface area contributed by atoms with Crippen molar-refractivity contribution in [3.8, 4) is 11.3 Å². The normalized spacial score (nSPS) is 19.6. The summed E-state index contributed by atoms with van der Waals surface area (Å²) in [6.45, 7) is 2.03. The fourth-order valence-electron chi connectivity index (χ4n) is 2.53. The average molecular weight is 257 g/mol. The summed E-state index contributed by atoms with van der Waals surface area (Å²) < 4.78 is 0. The molecular weight excluding hydrogens is 238 g/mol. The molecule has 1 saturated heterocycles. The van der Waals surface area contributed by atoms with Crippen molar-refractivity contribution in [1.82, 2.24) is 20.3 Å². The number of nitrogens with one attached hydrogen (secondary N) is 2. The molecule has 1 atom stereocenters. The van der Waals surface area contributed by atoms with Gasteiger partial charge in [0.05, 0.1) is 0 Å². The third-order valence-electron chi connectivity index (χ3n) is 3.66. The summed E-state index contributed by atoms with van der Waals surface area (Å²) in [6, 6.07) is 4.54. The van der Waals surface area contributed by atoms with E-state index >= 15 is 0 Å². The smallest absolute Gasteiger partial charge is 0.225 e. The molecule has 0 bridgehead atoms. The zero-order chi connectivity index (χ0) is 13.1. The Bertz CT molecular complexity index is 505. The number of aromatic amines is 1. The minimum absolute atomic E-state index is 0.542. The third-order valence-corrected chi connectivity index (χ3v) is 3.66. The van der Waals surface area contributed by atoms with Crippen molar-refractivity contribution in [2.24, 2.45) is 0 Å². The minimum Gasteiger partial charge on any atom is -0.361 e. The van der Waals surface area contributed by atoms with Gasteiger partial charge < -0.3 is 15.2 Å². The summed E-state index contributed by atoms with van der Waals surface area (Å²) in [5.41, 5.74) is 2.08.